The number of rotatable bonds is 18. The first-order valence-corrected chi connectivity index (χ1v) is 15.1. The van der Waals surface area contributed by atoms with Gasteiger partial charge in [0.2, 0.25) is 0 Å². The Morgan fingerprint density at radius 2 is 0.708 bits per heavy atom. The molecule has 0 atom stereocenters. The molecule has 0 bridgehead atoms. The predicted molar refractivity (Wildman–Crippen MR) is 120 cm³/mol. The van der Waals surface area contributed by atoms with E-state index in [4.69, 9.17) is 11.2 Å². The van der Waals surface area contributed by atoms with E-state index in [2.05, 4.69) is 27.7 Å². The molecule has 0 heterocycles. The molecule has 0 aliphatic heterocycles. The van der Waals surface area contributed by atoms with Crippen LogP contribution in [0.25, 0.3) is 0 Å². The van der Waals surface area contributed by atoms with Gasteiger partial charge in [-0.2, -0.15) is 0 Å². The van der Waals surface area contributed by atoms with E-state index in [1.54, 1.807) is 0 Å². The molecule has 0 saturated heterocycles. The molecule has 0 amide bonds. The molecule has 2 heteroatoms. The second-order valence-corrected chi connectivity index (χ2v) is 16.5. The van der Waals surface area contributed by atoms with Gasteiger partial charge in [0.1, 0.15) is 0 Å². The van der Waals surface area contributed by atoms with E-state index >= 15 is 0 Å². The molecule has 0 aliphatic rings. The van der Waals surface area contributed by atoms with Crippen LogP contribution in [0.2, 0.25) is 0 Å². The average molecular weight is 379 g/mol. The summed E-state index contributed by atoms with van der Waals surface area (Å²) in [5.74, 6) is -1.98. The molecule has 0 fully saturated rings. The van der Waals surface area contributed by atoms with Crippen molar-refractivity contribution in [3.8, 4) is 0 Å². The zero-order chi connectivity index (χ0) is 18.2. The molecular weight excluding hydrogens is 331 g/mol. The molecule has 24 heavy (non-hydrogen) atoms. The van der Waals surface area contributed by atoms with Crippen molar-refractivity contribution in [2.45, 2.75) is 118 Å². The molecule has 0 spiro atoms. The minimum absolute atomic E-state index is 1.31. The van der Waals surface area contributed by atoms with E-state index < -0.39 is 5.96 Å². The van der Waals surface area contributed by atoms with Gasteiger partial charge in [-0.3, -0.25) is 0 Å². The summed E-state index contributed by atoms with van der Waals surface area (Å²) in [7, 11) is 0. The summed E-state index contributed by atoms with van der Waals surface area (Å²) in [5, 5.41) is 0. The quantitative estimate of drug-likeness (QED) is 0.164. The number of hydrogen-bond acceptors (Lipinski definition) is 0. The van der Waals surface area contributed by atoms with E-state index in [9.17, 15) is 0 Å². The van der Waals surface area contributed by atoms with E-state index in [1.807, 2.05) is 0 Å². The molecule has 0 aromatic heterocycles. The first-order chi connectivity index (χ1) is 11.5. The third kappa shape index (κ3) is 11.4. The van der Waals surface area contributed by atoms with Crippen molar-refractivity contribution in [2.75, 3.05) is 24.6 Å². The summed E-state index contributed by atoms with van der Waals surface area (Å²) in [5.41, 5.74) is 0. The Morgan fingerprint density at radius 3 is 1.00 bits per heavy atom. The molecule has 0 aromatic rings. The van der Waals surface area contributed by atoms with Gasteiger partial charge >= 0.3 is 159 Å². The second kappa shape index (κ2) is 14.8. The van der Waals surface area contributed by atoms with E-state index in [-0.39, 0.29) is 0 Å². The third-order valence-corrected chi connectivity index (χ3v) is 13.5. The van der Waals surface area contributed by atoms with Crippen LogP contribution in [-0.4, -0.2) is 24.6 Å². The molecule has 0 nitrogen and oxygen atoms in total. The van der Waals surface area contributed by atoms with Crippen molar-refractivity contribution in [3.05, 3.63) is 0 Å². The first kappa shape index (κ1) is 24.7. The molecule has 148 valence electrons. The first-order valence-electron chi connectivity index (χ1n) is 11.3. The van der Waals surface area contributed by atoms with E-state index in [0.29, 0.717) is 0 Å². The molecule has 0 N–H and O–H groups in total. The molecule has 0 aliphatic carbocycles. The minimum atomic E-state index is -1.98. The van der Waals surface area contributed by atoms with Crippen LogP contribution in [0, 0.1) is 0 Å². The van der Waals surface area contributed by atoms with Gasteiger partial charge < -0.3 is 0 Å². The van der Waals surface area contributed by atoms with E-state index in [1.165, 1.54) is 115 Å². The average Bonchev–Trinajstić information content (AvgIpc) is 2.59. The summed E-state index contributed by atoms with van der Waals surface area (Å²) in [6.07, 6.45) is 24.7. The zero-order valence-corrected chi connectivity index (χ0v) is 19.2. The van der Waals surface area contributed by atoms with Crippen molar-refractivity contribution in [1.29, 1.82) is 0 Å². The van der Waals surface area contributed by atoms with Crippen molar-refractivity contribution in [3.63, 3.8) is 0 Å². The van der Waals surface area contributed by atoms with Crippen LogP contribution in [0.1, 0.15) is 118 Å². The van der Waals surface area contributed by atoms with Crippen molar-refractivity contribution in [1.82, 2.24) is 0 Å². The fourth-order valence-corrected chi connectivity index (χ4v) is 10.9. The van der Waals surface area contributed by atoms with Crippen LogP contribution < -0.4 is 0 Å². The Kier molecular flexibility index (Phi) is 15.3. The predicted octanol–water partition coefficient (Wildman–Crippen LogP) is 9.23. The Morgan fingerprint density at radius 1 is 0.417 bits per heavy atom. The maximum atomic E-state index is 7.74. The topological polar surface area (TPSA) is 0 Å². The van der Waals surface area contributed by atoms with Crippen molar-refractivity contribution < 1.29 is 0 Å². The fourth-order valence-electron chi connectivity index (χ4n) is 4.03. The zero-order valence-electron chi connectivity index (χ0n) is 17.6. The van der Waals surface area contributed by atoms with Crippen molar-refractivity contribution >= 4 is 17.2 Å². The Bertz CT molecular complexity index is 243. The number of hydrogen-bond donors (Lipinski definition) is 0. The molecular formula is C22H48ClP. The van der Waals surface area contributed by atoms with Gasteiger partial charge in [-0.1, -0.05) is 0 Å². The summed E-state index contributed by atoms with van der Waals surface area (Å²) in [6.45, 7) is 9.27. The van der Waals surface area contributed by atoms with Crippen LogP contribution in [0.15, 0.2) is 0 Å². The maximum absolute atomic E-state index is 7.74. The SMILES string of the molecule is CCCCCCP(Cl)(CCCC)(CCCCCC)CCCCCC. The van der Waals surface area contributed by atoms with Crippen LogP contribution in [0.4, 0.5) is 0 Å². The van der Waals surface area contributed by atoms with Crippen molar-refractivity contribution in [2.24, 2.45) is 0 Å². The van der Waals surface area contributed by atoms with Crippen LogP contribution >= 0.6 is 17.2 Å². The summed E-state index contributed by atoms with van der Waals surface area (Å²) in [6, 6.07) is 0. The number of halogens is 1. The van der Waals surface area contributed by atoms with Gasteiger partial charge in [0, 0.05) is 0 Å². The van der Waals surface area contributed by atoms with Gasteiger partial charge in [-0.25, -0.2) is 0 Å². The Hall–Kier alpha value is 0.720. The van der Waals surface area contributed by atoms with Gasteiger partial charge in [0.15, 0.2) is 0 Å². The van der Waals surface area contributed by atoms with Gasteiger partial charge in [-0.05, 0) is 0 Å². The third-order valence-electron chi connectivity index (χ3n) is 5.78. The summed E-state index contributed by atoms with van der Waals surface area (Å²) in [4.78, 5) is 0. The van der Waals surface area contributed by atoms with Gasteiger partial charge in [0.25, 0.3) is 0 Å². The molecule has 0 saturated carbocycles. The normalized spacial score (nSPS) is 13.8. The van der Waals surface area contributed by atoms with E-state index in [0.717, 1.165) is 0 Å². The Labute approximate surface area is 159 Å². The Balaban J connectivity index is 4.85. The van der Waals surface area contributed by atoms with Gasteiger partial charge in [0.05, 0.1) is 0 Å². The van der Waals surface area contributed by atoms with Crippen LogP contribution in [-0.2, 0) is 0 Å². The van der Waals surface area contributed by atoms with Gasteiger partial charge in [-0.15, -0.1) is 0 Å². The summed E-state index contributed by atoms with van der Waals surface area (Å²) < 4.78 is 0. The fraction of sp³-hybridized carbons (Fsp3) is 1.00. The number of unbranched alkanes of at least 4 members (excludes halogenated alkanes) is 10. The van der Waals surface area contributed by atoms with Crippen LogP contribution in [0.5, 0.6) is 0 Å². The standard InChI is InChI=1S/C22H48ClP/c1-5-9-13-16-20-24(23,19-12-8-4,21-17-14-10-6-2)22-18-15-11-7-3/h5-22H2,1-4H3. The molecule has 0 unspecified atom stereocenters. The summed E-state index contributed by atoms with van der Waals surface area (Å²) >= 11 is 7.74. The van der Waals surface area contributed by atoms with Crippen LogP contribution in [0.3, 0.4) is 0 Å². The molecule has 0 rings (SSSR count). The second-order valence-electron chi connectivity index (χ2n) is 8.25. The molecule has 0 aromatic carbocycles. The monoisotopic (exact) mass is 378 g/mol. The molecule has 0 radical (unpaired) electrons.